The SMILES string of the molecule is NC(=O)C[C@H](NC(=O)C1CNc2ccccc2C1)C(=O)O. The van der Waals surface area contributed by atoms with Gasteiger partial charge in [0.05, 0.1) is 12.3 Å². The fraction of sp³-hybridized carbons (Fsp3) is 0.357. The molecule has 7 heteroatoms. The molecule has 2 amide bonds. The molecule has 1 unspecified atom stereocenters. The Labute approximate surface area is 121 Å². The predicted molar refractivity (Wildman–Crippen MR) is 75.5 cm³/mol. The summed E-state index contributed by atoms with van der Waals surface area (Å²) in [6, 6.07) is 6.34. The number of benzene rings is 1. The van der Waals surface area contributed by atoms with Crippen molar-refractivity contribution in [3.8, 4) is 0 Å². The quantitative estimate of drug-likeness (QED) is 0.594. The maximum absolute atomic E-state index is 12.1. The minimum atomic E-state index is -1.29. The summed E-state index contributed by atoms with van der Waals surface area (Å²) in [5, 5.41) is 14.5. The van der Waals surface area contributed by atoms with Crippen LogP contribution in [0.3, 0.4) is 0 Å². The molecule has 0 spiro atoms. The average molecular weight is 291 g/mol. The van der Waals surface area contributed by atoms with Crippen molar-refractivity contribution in [1.29, 1.82) is 0 Å². The minimum absolute atomic E-state index is 0.380. The molecule has 21 heavy (non-hydrogen) atoms. The van der Waals surface area contributed by atoms with Crippen molar-refractivity contribution in [2.75, 3.05) is 11.9 Å². The number of rotatable bonds is 5. The van der Waals surface area contributed by atoms with E-state index >= 15 is 0 Å². The second kappa shape index (κ2) is 6.25. The zero-order chi connectivity index (χ0) is 15.4. The van der Waals surface area contributed by atoms with Gasteiger partial charge in [-0.1, -0.05) is 18.2 Å². The molecule has 1 aliphatic rings. The summed E-state index contributed by atoms with van der Waals surface area (Å²) in [7, 11) is 0. The number of fused-ring (bicyclic) bond motifs is 1. The molecule has 2 rings (SSSR count). The van der Waals surface area contributed by atoms with Gasteiger partial charge in [0.15, 0.2) is 0 Å². The summed E-state index contributed by atoms with van der Waals surface area (Å²) in [6.45, 7) is 0.422. The number of carboxylic acid groups (broad SMARTS) is 1. The van der Waals surface area contributed by atoms with Gasteiger partial charge in [-0.2, -0.15) is 0 Å². The van der Waals surface area contributed by atoms with Crippen LogP contribution in [0, 0.1) is 5.92 Å². The first-order valence-corrected chi connectivity index (χ1v) is 6.60. The Balaban J connectivity index is 2.01. The Morgan fingerprint density at radius 2 is 2.10 bits per heavy atom. The van der Waals surface area contributed by atoms with Crippen molar-refractivity contribution in [1.82, 2.24) is 5.32 Å². The van der Waals surface area contributed by atoms with Gasteiger partial charge in [-0.3, -0.25) is 9.59 Å². The van der Waals surface area contributed by atoms with E-state index < -0.39 is 30.2 Å². The van der Waals surface area contributed by atoms with E-state index in [9.17, 15) is 14.4 Å². The van der Waals surface area contributed by atoms with Crippen LogP contribution in [-0.4, -0.2) is 35.5 Å². The molecule has 7 nitrogen and oxygen atoms in total. The molecule has 1 aliphatic heterocycles. The third-order valence-corrected chi connectivity index (χ3v) is 3.41. The fourth-order valence-corrected chi connectivity index (χ4v) is 2.32. The van der Waals surface area contributed by atoms with Gasteiger partial charge in [0.2, 0.25) is 11.8 Å². The lowest BCUT2D eigenvalue weighted by molar-refractivity contribution is -0.143. The van der Waals surface area contributed by atoms with Crippen molar-refractivity contribution in [2.24, 2.45) is 11.7 Å². The van der Waals surface area contributed by atoms with E-state index in [0.717, 1.165) is 11.3 Å². The Morgan fingerprint density at radius 3 is 2.76 bits per heavy atom. The number of amides is 2. The largest absolute Gasteiger partial charge is 0.480 e. The molecule has 2 atom stereocenters. The number of nitrogens with one attached hydrogen (secondary N) is 2. The number of aliphatic carboxylic acids is 1. The van der Waals surface area contributed by atoms with Gasteiger partial charge in [0.25, 0.3) is 0 Å². The topological polar surface area (TPSA) is 122 Å². The van der Waals surface area contributed by atoms with Gasteiger partial charge in [0, 0.05) is 12.2 Å². The molecule has 0 radical (unpaired) electrons. The highest BCUT2D eigenvalue weighted by molar-refractivity contribution is 5.89. The normalized spacial score (nSPS) is 18.0. The van der Waals surface area contributed by atoms with Crippen molar-refractivity contribution in [2.45, 2.75) is 18.9 Å². The van der Waals surface area contributed by atoms with Crippen LogP contribution in [0.4, 0.5) is 5.69 Å². The summed E-state index contributed by atoms with van der Waals surface area (Å²) in [5.41, 5.74) is 6.97. The number of para-hydroxylation sites is 1. The van der Waals surface area contributed by atoms with E-state index in [1.165, 1.54) is 0 Å². The Morgan fingerprint density at radius 1 is 1.38 bits per heavy atom. The van der Waals surface area contributed by atoms with Gasteiger partial charge in [-0.25, -0.2) is 4.79 Å². The zero-order valence-electron chi connectivity index (χ0n) is 11.3. The maximum atomic E-state index is 12.1. The van der Waals surface area contributed by atoms with Crippen LogP contribution in [0.1, 0.15) is 12.0 Å². The first-order chi connectivity index (χ1) is 9.97. The van der Waals surface area contributed by atoms with E-state index in [-0.39, 0.29) is 5.92 Å². The molecular formula is C14H17N3O4. The number of carbonyl (C=O) groups excluding carboxylic acids is 2. The van der Waals surface area contributed by atoms with Crippen LogP contribution in [0.25, 0.3) is 0 Å². The van der Waals surface area contributed by atoms with Gasteiger partial charge in [0.1, 0.15) is 6.04 Å². The smallest absolute Gasteiger partial charge is 0.326 e. The minimum Gasteiger partial charge on any atom is -0.480 e. The van der Waals surface area contributed by atoms with Crippen molar-refractivity contribution in [3.63, 3.8) is 0 Å². The van der Waals surface area contributed by atoms with E-state index in [1.807, 2.05) is 24.3 Å². The van der Waals surface area contributed by atoms with E-state index in [1.54, 1.807) is 0 Å². The molecule has 0 aromatic heterocycles. The van der Waals surface area contributed by atoms with Crippen LogP contribution >= 0.6 is 0 Å². The second-order valence-corrected chi connectivity index (χ2v) is 5.01. The molecule has 1 aromatic rings. The molecule has 0 bridgehead atoms. The van der Waals surface area contributed by atoms with Gasteiger partial charge < -0.3 is 21.5 Å². The lowest BCUT2D eigenvalue weighted by Gasteiger charge is -2.26. The molecule has 1 aromatic carbocycles. The number of carbonyl (C=O) groups is 3. The third-order valence-electron chi connectivity index (χ3n) is 3.41. The predicted octanol–water partition coefficient (Wildman–Crippen LogP) is -0.284. The number of hydrogen-bond acceptors (Lipinski definition) is 4. The highest BCUT2D eigenvalue weighted by atomic mass is 16.4. The summed E-state index contributed by atoms with van der Waals surface area (Å²) in [5.74, 6) is -2.82. The fourth-order valence-electron chi connectivity index (χ4n) is 2.32. The monoisotopic (exact) mass is 291 g/mol. The molecule has 5 N–H and O–H groups in total. The highest BCUT2D eigenvalue weighted by Gasteiger charge is 2.28. The van der Waals surface area contributed by atoms with E-state index in [0.29, 0.717) is 13.0 Å². The lowest BCUT2D eigenvalue weighted by Crippen LogP contribution is -2.47. The van der Waals surface area contributed by atoms with Crippen molar-refractivity contribution >= 4 is 23.5 Å². The summed E-state index contributed by atoms with van der Waals surface area (Å²) in [4.78, 5) is 34.0. The lowest BCUT2D eigenvalue weighted by atomic mass is 9.93. The molecule has 0 fully saturated rings. The zero-order valence-corrected chi connectivity index (χ0v) is 11.3. The second-order valence-electron chi connectivity index (χ2n) is 5.01. The molecule has 0 saturated carbocycles. The standard InChI is InChI=1S/C14H17N3O4/c15-12(18)6-11(14(20)21)17-13(19)9-5-8-3-1-2-4-10(8)16-7-9/h1-4,9,11,16H,5-7H2,(H2,15,18)(H,17,19)(H,20,21)/t9?,11-/m0/s1. The van der Waals surface area contributed by atoms with Gasteiger partial charge >= 0.3 is 5.97 Å². The van der Waals surface area contributed by atoms with Gasteiger partial charge in [-0.15, -0.1) is 0 Å². The Bertz CT molecular complexity index is 573. The number of anilines is 1. The molecule has 0 saturated heterocycles. The molecule has 0 aliphatic carbocycles. The highest BCUT2D eigenvalue weighted by Crippen LogP contribution is 2.24. The Hall–Kier alpha value is -2.57. The summed E-state index contributed by atoms with van der Waals surface area (Å²) < 4.78 is 0. The number of primary amides is 1. The summed E-state index contributed by atoms with van der Waals surface area (Å²) >= 11 is 0. The first-order valence-electron chi connectivity index (χ1n) is 6.60. The van der Waals surface area contributed by atoms with E-state index in [4.69, 9.17) is 10.8 Å². The number of hydrogen-bond donors (Lipinski definition) is 4. The van der Waals surface area contributed by atoms with Crippen LogP contribution < -0.4 is 16.4 Å². The van der Waals surface area contributed by atoms with Crippen LogP contribution in [0.5, 0.6) is 0 Å². The van der Waals surface area contributed by atoms with Crippen molar-refractivity contribution in [3.05, 3.63) is 29.8 Å². The summed E-state index contributed by atoms with van der Waals surface area (Å²) in [6.07, 6.45) is 0.107. The van der Waals surface area contributed by atoms with Crippen LogP contribution in [0.2, 0.25) is 0 Å². The van der Waals surface area contributed by atoms with E-state index in [2.05, 4.69) is 10.6 Å². The number of carboxylic acids is 1. The molecule has 1 heterocycles. The maximum Gasteiger partial charge on any atom is 0.326 e. The average Bonchev–Trinajstić information content (AvgIpc) is 2.45. The number of nitrogens with two attached hydrogens (primary N) is 1. The first kappa shape index (κ1) is 14.8. The Kier molecular flexibility index (Phi) is 4.42. The molecular weight excluding hydrogens is 274 g/mol. The van der Waals surface area contributed by atoms with Crippen LogP contribution in [-0.2, 0) is 20.8 Å². The van der Waals surface area contributed by atoms with Gasteiger partial charge in [-0.05, 0) is 18.1 Å². The third kappa shape index (κ3) is 3.71. The van der Waals surface area contributed by atoms with Crippen molar-refractivity contribution < 1.29 is 19.5 Å². The molecule has 112 valence electrons. The van der Waals surface area contributed by atoms with Crippen LogP contribution in [0.15, 0.2) is 24.3 Å².